The maximum Gasteiger partial charge on any atom is 0.287 e. The maximum atomic E-state index is 12.6. The molecule has 1 aliphatic heterocycles. The van der Waals surface area contributed by atoms with Gasteiger partial charge in [-0.05, 0) is 36.5 Å². The third-order valence-electron chi connectivity index (χ3n) is 5.08. The van der Waals surface area contributed by atoms with Crippen molar-refractivity contribution in [3.63, 3.8) is 0 Å². The largest absolute Gasteiger partial charge is 0.455 e. The van der Waals surface area contributed by atoms with E-state index in [0.29, 0.717) is 24.5 Å². The van der Waals surface area contributed by atoms with Crippen molar-refractivity contribution in [1.29, 1.82) is 0 Å². The third-order valence-corrected chi connectivity index (χ3v) is 5.08. The van der Waals surface area contributed by atoms with Crippen LogP contribution in [0.1, 0.15) is 59.4 Å². The Morgan fingerprint density at radius 2 is 2.08 bits per heavy atom. The van der Waals surface area contributed by atoms with E-state index in [1.165, 1.54) is 0 Å². The first kappa shape index (κ1) is 17.0. The van der Waals surface area contributed by atoms with Gasteiger partial charge in [-0.2, -0.15) is 0 Å². The van der Waals surface area contributed by atoms with Gasteiger partial charge in [0.25, 0.3) is 5.91 Å². The molecule has 0 fully saturated rings. The first-order valence-electron chi connectivity index (χ1n) is 8.81. The summed E-state index contributed by atoms with van der Waals surface area (Å²) in [5.74, 6) is 2.13. The Morgan fingerprint density at radius 3 is 2.88 bits per heavy atom. The molecule has 0 unspecified atom stereocenters. The molecule has 138 valence electrons. The number of ether oxygens (including phenoxy) is 2. The predicted octanol–water partition coefficient (Wildman–Crippen LogP) is 3.25. The van der Waals surface area contributed by atoms with Crippen molar-refractivity contribution in [3.05, 3.63) is 46.4 Å². The maximum absolute atomic E-state index is 12.6. The molecular weight excluding hydrogens is 334 g/mol. The fourth-order valence-electron chi connectivity index (χ4n) is 3.82. The molecule has 1 aromatic heterocycles. The van der Waals surface area contributed by atoms with Crippen LogP contribution in [0, 0.1) is 12.3 Å². The summed E-state index contributed by atoms with van der Waals surface area (Å²) >= 11 is 0. The molecule has 0 spiro atoms. The molecule has 1 aromatic carbocycles. The van der Waals surface area contributed by atoms with Crippen molar-refractivity contribution in [3.8, 4) is 11.5 Å². The van der Waals surface area contributed by atoms with Gasteiger partial charge in [-0.15, -0.1) is 0 Å². The number of hydrogen-bond acceptors (Lipinski definition) is 5. The van der Waals surface area contributed by atoms with Gasteiger partial charge in [-0.25, -0.2) is 0 Å². The average molecular weight is 357 g/mol. The Bertz CT molecular complexity index is 867. The van der Waals surface area contributed by atoms with Gasteiger partial charge >= 0.3 is 0 Å². The summed E-state index contributed by atoms with van der Waals surface area (Å²) in [6, 6.07) is 5.58. The normalized spacial score (nSPS) is 19.9. The first-order chi connectivity index (χ1) is 12.3. The quantitative estimate of drug-likeness (QED) is 0.881. The molecule has 2 heterocycles. The summed E-state index contributed by atoms with van der Waals surface area (Å²) in [5.41, 5.74) is 2.37. The number of rotatable bonds is 3. The SMILES string of the molecule is Cc1c(C(=O)NCc2ccc3c(c2)OCO3)oc2c1[C@H](O)CC(C)(C)C2. The molecule has 1 aliphatic carbocycles. The van der Waals surface area contributed by atoms with Crippen molar-refractivity contribution in [2.75, 3.05) is 6.79 Å². The molecule has 2 aromatic rings. The number of fused-ring (bicyclic) bond motifs is 2. The predicted molar refractivity (Wildman–Crippen MR) is 94.2 cm³/mol. The number of hydrogen-bond donors (Lipinski definition) is 2. The van der Waals surface area contributed by atoms with Gasteiger partial charge < -0.3 is 24.3 Å². The summed E-state index contributed by atoms with van der Waals surface area (Å²) < 4.78 is 16.5. The Kier molecular flexibility index (Phi) is 3.95. The van der Waals surface area contributed by atoms with Crippen molar-refractivity contribution in [2.45, 2.75) is 46.3 Å². The van der Waals surface area contributed by atoms with Gasteiger partial charge in [0.1, 0.15) is 5.76 Å². The van der Waals surface area contributed by atoms with Gasteiger partial charge in [-0.3, -0.25) is 4.79 Å². The minimum Gasteiger partial charge on any atom is -0.455 e. The fraction of sp³-hybridized carbons (Fsp3) is 0.450. The minimum absolute atomic E-state index is 0.0447. The zero-order valence-electron chi connectivity index (χ0n) is 15.2. The number of aliphatic hydroxyl groups excluding tert-OH is 1. The molecule has 0 radical (unpaired) electrons. The van der Waals surface area contributed by atoms with E-state index < -0.39 is 6.10 Å². The van der Waals surface area contributed by atoms with E-state index in [9.17, 15) is 9.90 Å². The summed E-state index contributed by atoms with van der Waals surface area (Å²) in [7, 11) is 0. The summed E-state index contributed by atoms with van der Waals surface area (Å²) in [4.78, 5) is 12.6. The van der Waals surface area contributed by atoms with E-state index in [2.05, 4.69) is 19.2 Å². The van der Waals surface area contributed by atoms with Crippen LogP contribution in [0.5, 0.6) is 11.5 Å². The van der Waals surface area contributed by atoms with Gasteiger partial charge in [0.15, 0.2) is 17.3 Å². The van der Waals surface area contributed by atoms with E-state index in [1.54, 1.807) is 0 Å². The highest BCUT2D eigenvalue weighted by molar-refractivity contribution is 5.93. The van der Waals surface area contributed by atoms with Crippen LogP contribution in [0.4, 0.5) is 0 Å². The number of furan rings is 1. The highest BCUT2D eigenvalue weighted by Gasteiger charge is 2.37. The van der Waals surface area contributed by atoms with Crippen molar-refractivity contribution >= 4 is 5.91 Å². The lowest BCUT2D eigenvalue weighted by Gasteiger charge is -2.31. The fourth-order valence-corrected chi connectivity index (χ4v) is 3.82. The van der Waals surface area contributed by atoms with Crippen LogP contribution in [0.3, 0.4) is 0 Å². The standard InChI is InChI=1S/C20H23NO5/c1-11-17-13(22)7-20(2,3)8-16(17)26-18(11)19(23)21-9-12-4-5-14-15(6-12)25-10-24-14/h4-6,13,22H,7-10H2,1-3H3,(H,21,23)/t13-/m1/s1. The Morgan fingerprint density at radius 1 is 1.31 bits per heavy atom. The smallest absolute Gasteiger partial charge is 0.287 e. The van der Waals surface area contributed by atoms with Crippen molar-refractivity contribution < 1.29 is 23.8 Å². The Balaban J connectivity index is 1.51. The number of aliphatic hydroxyl groups is 1. The number of amides is 1. The summed E-state index contributed by atoms with van der Waals surface area (Å²) in [6.45, 7) is 6.60. The van der Waals surface area contributed by atoms with Crippen LogP contribution in [0.15, 0.2) is 22.6 Å². The molecule has 2 aliphatic rings. The van der Waals surface area contributed by atoms with Gasteiger partial charge in [0.05, 0.1) is 6.10 Å². The van der Waals surface area contributed by atoms with E-state index in [0.717, 1.165) is 28.9 Å². The highest BCUT2D eigenvalue weighted by atomic mass is 16.7. The Hall–Kier alpha value is -2.47. The molecule has 6 heteroatoms. The van der Waals surface area contributed by atoms with Crippen LogP contribution in [0.25, 0.3) is 0 Å². The molecule has 26 heavy (non-hydrogen) atoms. The number of benzene rings is 1. The molecule has 4 rings (SSSR count). The number of nitrogens with one attached hydrogen (secondary N) is 1. The lowest BCUT2D eigenvalue weighted by molar-refractivity contribution is 0.0883. The third kappa shape index (κ3) is 2.94. The molecule has 1 amide bonds. The molecule has 0 saturated carbocycles. The van der Waals surface area contributed by atoms with Crippen LogP contribution in [-0.2, 0) is 13.0 Å². The Labute approximate surface area is 152 Å². The molecule has 6 nitrogen and oxygen atoms in total. The van der Waals surface area contributed by atoms with Crippen LogP contribution < -0.4 is 14.8 Å². The molecule has 2 N–H and O–H groups in total. The van der Waals surface area contributed by atoms with Gasteiger partial charge in [0, 0.05) is 24.1 Å². The van der Waals surface area contributed by atoms with Crippen LogP contribution >= 0.6 is 0 Å². The van der Waals surface area contributed by atoms with E-state index in [-0.39, 0.29) is 23.9 Å². The van der Waals surface area contributed by atoms with Crippen molar-refractivity contribution in [2.24, 2.45) is 5.41 Å². The second-order valence-corrected chi connectivity index (χ2v) is 7.82. The molecular formula is C20H23NO5. The van der Waals surface area contributed by atoms with E-state index in [1.807, 2.05) is 25.1 Å². The number of carbonyl (C=O) groups is 1. The summed E-state index contributed by atoms with van der Waals surface area (Å²) in [6.07, 6.45) is 0.793. The second-order valence-electron chi connectivity index (χ2n) is 7.82. The molecule has 0 saturated heterocycles. The summed E-state index contributed by atoms with van der Waals surface area (Å²) in [5, 5.41) is 13.3. The molecule has 0 bridgehead atoms. The van der Waals surface area contributed by atoms with Crippen LogP contribution in [-0.4, -0.2) is 17.8 Å². The van der Waals surface area contributed by atoms with Gasteiger partial charge in [0.2, 0.25) is 6.79 Å². The lowest BCUT2D eigenvalue weighted by Crippen LogP contribution is -2.25. The van der Waals surface area contributed by atoms with Gasteiger partial charge in [-0.1, -0.05) is 19.9 Å². The monoisotopic (exact) mass is 357 g/mol. The number of carbonyl (C=O) groups excluding carboxylic acids is 1. The first-order valence-corrected chi connectivity index (χ1v) is 8.81. The topological polar surface area (TPSA) is 80.9 Å². The average Bonchev–Trinajstić information content (AvgIpc) is 3.15. The second kappa shape index (κ2) is 6.06. The zero-order valence-corrected chi connectivity index (χ0v) is 15.2. The highest BCUT2D eigenvalue weighted by Crippen LogP contribution is 2.44. The van der Waals surface area contributed by atoms with E-state index in [4.69, 9.17) is 13.9 Å². The van der Waals surface area contributed by atoms with E-state index >= 15 is 0 Å². The van der Waals surface area contributed by atoms with Crippen LogP contribution in [0.2, 0.25) is 0 Å². The van der Waals surface area contributed by atoms with Crippen molar-refractivity contribution in [1.82, 2.24) is 5.32 Å². The lowest BCUT2D eigenvalue weighted by atomic mass is 9.75. The molecule has 1 atom stereocenters. The minimum atomic E-state index is -0.590. The zero-order chi connectivity index (χ0) is 18.5.